The summed E-state index contributed by atoms with van der Waals surface area (Å²) >= 11 is 0. The molecule has 14 heteroatoms. The van der Waals surface area contributed by atoms with E-state index in [4.69, 9.17) is 4.74 Å². The molecule has 2 aromatic heterocycles. The number of benzene rings is 1. The second-order valence-corrected chi connectivity index (χ2v) is 10.2. The van der Waals surface area contributed by atoms with Crippen LogP contribution in [-0.4, -0.2) is 98.1 Å². The van der Waals surface area contributed by atoms with Gasteiger partial charge in [-0.2, -0.15) is 10.1 Å². The third-order valence-corrected chi connectivity index (χ3v) is 7.13. The van der Waals surface area contributed by atoms with E-state index >= 15 is 0 Å². The van der Waals surface area contributed by atoms with Gasteiger partial charge in [-0.05, 0) is 57.4 Å². The van der Waals surface area contributed by atoms with Crippen LogP contribution in [0.3, 0.4) is 0 Å². The maximum absolute atomic E-state index is 13.3. The van der Waals surface area contributed by atoms with E-state index in [1.165, 1.54) is 18.2 Å². The second-order valence-electron chi connectivity index (χ2n) is 10.2. The van der Waals surface area contributed by atoms with Crippen LogP contribution in [0.25, 0.3) is 5.78 Å². The average Bonchev–Trinajstić information content (AvgIpc) is 3.41. The molecule has 224 valence electrons. The van der Waals surface area contributed by atoms with Gasteiger partial charge in [0.25, 0.3) is 11.7 Å². The van der Waals surface area contributed by atoms with Gasteiger partial charge in [-0.3, -0.25) is 19.2 Å². The van der Waals surface area contributed by atoms with Crippen LogP contribution >= 0.6 is 0 Å². The van der Waals surface area contributed by atoms with Crippen molar-refractivity contribution in [2.75, 3.05) is 32.8 Å². The molecule has 2 bridgehead atoms. The molecule has 0 fully saturated rings. The van der Waals surface area contributed by atoms with Gasteiger partial charge >= 0.3 is 0 Å². The molecule has 3 heterocycles. The minimum absolute atomic E-state index is 0.000732. The van der Waals surface area contributed by atoms with Crippen molar-refractivity contribution in [2.24, 2.45) is 0 Å². The highest BCUT2D eigenvalue weighted by atomic mass is 16.5. The number of fused-ring (bicyclic) bond motifs is 3. The molecule has 14 nitrogen and oxygen atoms in total. The Bertz CT molecular complexity index is 1490. The molecule has 1 aliphatic rings. The highest BCUT2D eigenvalue weighted by Gasteiger charge is 2.27. The number of aliphatic hydroxyl groups is 1. The third-order valence-electron chi connectivity index (χ3n) is 7.13. The lowest BCUT2D eigenvalue weighted by molar-refractivity contribution is -0.136. The van der Waals surface area contributed by atoms with E-state index in [1.807, 2.05) is 20.8 Å². The number of carbonyl (C=O) groups is 4. The van der Waals surface area contributed by atoms with Crippen molar-refractivity contribution in [3.63, 3.8) is 0 Å². The molecule has 42 heavy (non-hydrogen) atoms. The summed E-state index contributed by atoms with van der Waals surface area (Å²) in [5, 5.41) is 22.4. The number of aryl methyl sites for hydroxylation is 3. The van der Waals surface area contributed by atoms with Crippen molar-refractivity contribution in [3.05, 3.63) is 52.6 Å². The first kappa shape index (κ1) is 30.4. The average molecular weight is 581 g/mol. The van der Waals surface area contributed by atoms with Crippen LogP contribution in [0.5, 0.6) is 5.75 Å². The van der Waals surface area contributed by atoms with Crippen LogP contribution in [0.15, 0.2) is 24.5 Å². The number of hydrogen-bond donors (Lipinski definition) is 4. The number of nitrogens with zero attached hydrogens (tertiary/aromatic N) is 5. The van der Waals surface area contributed by atoms with E-state index in [0.717, 1.165) is 22.5 Å². The van der Waals surface area contributed by atoms with Crippen molar-refractivity contribution in [1.29, 1.82) is 0 Å². The zero-order chi connectivity index (χ0) is 30.4. The number of rotatable bonds is 4. The predicted octanol–water partition coefficient (Wildman–Crippen LogP) is -0.385. The molecule has 4 amide bonds. The Balaban J connectivity index is 1.49. The lowest BCUT2D eigenvalue weighted by Gasteiger charge is -2.24. The predicted molar refractivity (Wildman–Crippen MR) is 151 cm³/mol. The molecule has 0 saturated carbocycles. The van der Waals surface area contributed by atoms with Crippen LogP contribution in [0.1, 0.15) is 46.2 Å². The molecule has 2 atom stereocenters. The van der Waals surface area contributed by atoms with Crippen molar-refractivity contribution >= 4 is 29.4 Å². The molecular weight excluding hydrogens is 544 g/mol. The van der Waals surface area contributed by atoms with Gasteiger partial charge in [-0.1, -0.05) is 6.07 Å². The number of aliphatic hydroxyl groups excluding tert-OH is 1. The highest BCUT2D eigenvalue weighted by molar-refractivity contribution is 5.98. The van der Waals surface area contributed by atoms with E-state index in [0.29, 0.717) is 17.9 Å². The van der Waals surface area contributed by atoms with Crippen molar-refractivity contribution in [3.8, 4) is 5.75 Å². The van der Waals surface area contributed by atoms with Crippen LogP contribution in [-0.2, 0) is 20.8 Å². The fourth-order valence-electron chi connectivity index (χ4n) is 4.73. The summed E-state index contributed by atoms with van der Waals surface area (Å²) in [6.07, 6.45) is 0.684. The van der Waals surface area contributed by atoms with E-state index < -0.39 is 24.0 Å². The van der Waals surface area contributed by atoms with Gasteiger partial charge in [0.1, 0.15) is 24.7 Å². The number of amides is 4. The fourth-order valence-corrected chi connectivity index (χ4v) is 4.73. The molecule has 0 saturated heterocycles. The van der Waals surface area contributed by atoms with Gasteiger partial charge in [-0.15, -0.1) is 0 Å². The minimum Gasteiger partial charge on any atom is -0.491 e. The molecular formula is C28H36N8O6. The number of carbonyl (C=O) groups excluding carboxylic acids is 4. The molecule has 3 aromatic rings. The molecule has 4 N–H and O–H groups in total. The quantitative estimate of drug-likeness (QED) is 0.320. The standard InChI is InChI=1S/C28H36N8O6/c1-16-5-6-20-13-22(16)42-12-10-29-23(38)14-35(11-9-30-27(41)25(19(4)37)34-26(20)40)24(39)8-7-21-17(2)33-28-31-15-32-36(28)18(21)3/h5-6,13,15,19,25,37H,7-12,14H2,1-4H3,(H,29,38)(H,30,41)(H,34,40)/t19-,25+/m1/s1. The van der Waals surface area contributed by atoms with Crippen LogP contribution in [0.2, 0.25) is 0 Å². The summed E-state index contributed by atoms with van der Waals surface area (Å²) in [6.45, 7) is 7.06. The van der Waals surface area contributed by atoms with E-state index in [2.05, 4.69) is 31.0 Å². The number of nitrogens with one attached hydrogen (secondary N) is 3. The second kappa shape index (κ2) is 13.4. The summed E-state index contributed by atoms with van der Waals surface area (Å²) in [7, 11) is 0. The van der Waals surface area contributed by atoms with Gasteiger partial charge in [-0.25, -0.2) is 9.50 Å². The molecule has 0 spiro atoms. The van der Waals surface area contributed by atoms with Crippen LogP contribution in [0, 0.1) is 20.8 Å². The first-order valence-corrected chi connectivity index (χ1v) is 13.8. The molecule has 1 aliphatic heterocycles. The zero-order valence-corrected chi connectivity index (χ0v) is 24.1. The summed E-state index contributed by atoms with van der Waals surface area (Å²) in [5.41, 5.74) is 3.45. The Labute approximate surface area is 242 Å². The lowest BCUT2D eigenvalue weighted by atomic mass is 10.1. The molecule has 0 unspecified atom stereocenters. The smallest absolute Gasteiger partial charge is 0.252 e. The lowest BCUT2D eigenvalue weighted by Crippen LogP contribution is -2.53. The monoisotopic (exact) mass is 580 g/mol. The Kier molecular flexibility index (Phi) is 9.68. The Morgan fingerprint density at radius 3 is 2.71 bits per heavy atom. The summed E-state index contributed by atoms with van der Waals surface area (Å²) in [5.74, 6) is -0.938. The zero-order valence-electron chi connectivity index (χ0n) is 24.1. The fraction of sp³-hybridized carbons (Fsp3) is 0.464. The van der Waals surface area contributed by atoms with E-state index in [1.54, 1.807) is 22.7 Å². The summed E-state index contributed by atoms with van der Waals surface area (Å²) in [6, 6.07) is 3.61. The minimum atomic E-state index is -1.24. The number of ether oxygens (including phenoxy) is 1. The SMILES string of the molecule is Cc1ccc2cc1OCCNC(=O)CN(C(=O)CCc1c(C)nc3ncnn3c1C)CCNC(=O)[C@H]([C@@H](C)O)NC2=O. The van der Waals surface area contributed by atoms with Crippen molar-refractivity contribution in [1.82, 2.24) is 40.4 Å². The van der Waals surface area contributed by atoms with E-state index in [9.17, 15) is 24.3 Å². The number of aromatic nitrogens is 4. The van der Waals surface area contributed by atoms with Crippen LogP contribution < -0.4 is 20.7 Å². The Morgan fingerprint density at radius 2 is 1.95 bits per heavy atom. The van der Waals surface area contributed by atoms with Gasteiger partial charge in [0.15, 0.2) is 0 Å². The first-order valence-electron chi connectivity index (χ1n) is 13.8. The maximum Gasteiger partial charge on any atom is 0.252 e. The Morgan fingerprint density at radius 1 is 1.17 bits per heavy atom. The Hall–Kier alpha value is -4.59. The van der Waals surface area contributed by atoms with Crippen molar-refractivity contribution in [2.45, 2.75) is 52.7 Å². The third kappa shape index (κ3) is 7.18. The van der Waals surface area contributed by atoms with E-state index in [-0.39, 0.29) is 56.6 Å². The first-order chi connectivity index (χ1) is 20.0. The van der Waals surface area contributed by atoms with Gasteiger partial charge in [0.05, 0.1) is 19.2 Å². The summed E-state index contributed by atoms with van der Waals surface area (Å²) in [4.78, 5) is 61.9. The van der Waals surface area contributed by atoms with Crippen molar-refractivity contribution < 1.29 is 29.0 Å². The molecule has 0 radical (unpaired) electrons. The highest BCUT2D eigenvalue weighted by Crippen LogP contribution is 2.20. The van der Waals surface area contributed by atoms with Gasteiger partial charge in [0.2, 0.25) is 17.7 Å². The normalized spacial score (nSPS) is 18.0. The molecule has 4 rings (SSSR count). The topological polar surface area (TPSA) is 180 Å². The summed E-state index contributed by atoms with van der Waals surface area (Å²) < 4.78 is 7.40. The molecule has 1 aromatic carbocycles. The largest absolute Gasteiger partial charge is 0.491 e. The van der Waals surface area contributed by atoms with Gasteiger partial charge in [0, 0.05) is 36.5 Å². The maximum atomic E-state index is 13.3. The van der Waals surface area contributed by atoms with Crippen LogP contribution in [0.4, 0.5) is 0 Å². The molecule has 0 aliphatic carbocycles. The number of hydrogen-bond acceptors (Lipinski definition) is 9. The van der Waals surface area contributed by atoms with Gasteiger partial charge < -0.3 is 30.7 Å².